The van der Waals surface area contributed by atoms with Gasteiger partial charge in [-0.2, -0.15) is 0 Å². The zero-order valence-electron chi connectivity index (χ0n) is 19.5. The van der Waals surface area contributed by atoms with Gasteiger partial charge in [-0.25, -0.2) is 8.42 Å². The molecule has 0 spiro atoms. The van der Waals surface area contributed by atoms with Gasteiger partial charge in [-0.1, -0.05) is 53.6 Å². The van der Waals surface area contributed by atoms with Crippen molar-refractivity contribution in [2.45, 2.75) is 32.6 Å². The molecule has 33 heavy (non-hydrogen) atoms. The second-order valence-electron chi connectivity index (χ2n) is 8.08. The van der Waals surface area contributed by atoms with Gasteiger partial charge >= 0.3 is 0 Å². The van der Waals surface area contributed by atoms with E-state index in [2.05, 4.69) is 5.32 Å². The summed E-state index contributed by atoms with van der Waals surface area (Å²) in [6.07, 6.45) is 0. The standard InChI is InChI=1S/C26H30N2O4S/c1-19-9-12-23(13-10-19)33(30,31)28(24-8-6-5-7-21(24)3)18-26(29)27-15-16-32-25-14-11-20(2)17-22(25)4/h5-14,17H,15-16,18H2,1-4H3,(H,27,29). The lowest BCUT2D eigenvalue weighted by molar-refractivity contribution is -0.119. The van der Waals surface area contributed by atoms with E-state index >= 15 is 0 Å². The smallest absolute Gasteiger partial charge is 0.264 e. The third-order valence-electron chi connectivity index (χ3n) is 5.29. The number of hydrogen-bond acceptors (Lipinski definition) is 4. The lowest BCUT2D eigenvalue weighted by atomic mass is 10.1. The minimum Gasteiger partial charge on any atom is -0.491 e. The second-order valence-corrected chi connectivity index (χ2v) is 9.94. The van der Waals surface area contributed by atoms with Gasteiger partial charge in [0.05, 0.1) is 17.1 Å². The van der Waals surface area contributed by atoms with Crippen LogP contribution in [0, 0.1) is 27.7 Å². The number of nitrogens with one attached hydrogen (secondary N) is 1. The Hall–Kier alpha value is -3.32. The van der Waals surface area contributed by atoms with Gasteiger partial charge in [-0.05, 0) is 63.1 Å². The van der Waals surface area contributed by atoms with Crippen LogP contribution in [0.1, 0.15) is 22.3 Å². The highest BCUT2D eigenvalue weighted by Crippen LogP contribution is 2.26. The number of benzene rings is 3. The molecular weight excluding hydrogens is 436 g/mol. The van der Waals surface area contributed by atoms with Gasteiger partial charge in [-0.3, -0.25) is 9.10 Å². The van der Waals surface area contributed by atoms with Crippen LogP contribution in [-0.2, 0) is 14.8 Å². The molecule has 0 fully saturated rings. The number of aryl methyl sites for hydroxylation is 4. The van der Waals surface area contributed by atoms with E-state index in [1.807, 2.05) is 58.0 Å². The monoisotopic (exact) mass is 466 g/mol. The summed E-state index contributed by atoms with van der Waals surface area (Å²) in [6, 6.07) is 19.6. The SMILES string of the molecule is Cc1ccc(S(=O)(=O)N(CC(=O)NCCOc2ccc(C)cc2C)c2ccccc2C)cc1. The number of carbonyl (C=O) groups is 1. The van der Waals surface area contributed by atoms with Gasteiger partial charge in [-0.15, -0.1) is 0 Å². The molecule has 0 unspecified atom stereocenters. The maximum atomic E-state index is 13.4. The predicted octanol–water partition coefficient (Wildman–Crippen LogP) is 4.31. The van der Waals surface area contributed by atoms with E-state index in [1.54, 1.807) is 36.4 Å². The molecule has 0 atom stereocenters. The normalized spacial score (nSPS) is 11.2. The van der Waals surface area contributed by atoms with Crippen LogP contribution < -0.4 is 14.4 Å². The summed E-state index contributed by atoms with van der Waals surface area (Å²) in [5, 5.41) is 2.77. The Labute approximate surface area is 196 Å². The van der Waals surface area contributed by atoms with E-state index in [1.165, 1.54) is 0 Å². The van der Waals surface area contributed by atoms with E-state index in [0.29, 0.717) is 5.69 Å². The first-order valence-electron chi connectivity index (χ1n) is 10.8. The summed E-state index contributed by atoms with van der Waals surface area (Å²) in [5.74, 6) is 0.358. The first-order valence-corrected chi connectivity index (χ1v) is 12.2. The maximum Gasteiger partial charge on any atom is 0.264 e. The van der Waals surface area contributed by atoms with E-state index in [4.69, 9.17) is 4.74 Å². The van der Waals surface area contributed by atoms with E-state index < -0.39 is 15.9 Å². The van der Waals surface area contributed by atoms with E-state index in [0.717, 1.165) is 32.3 Å². The fraction of sp³-hybridized carbons (Fsp3) is 0.269. The Kier molecular flexibility index (Phi) is 7.76. The van der Waals surface area contributed by atoms with Crippen molar-refractivity contribution < 1.29 is 17.9 Å². The summed E-state index contributed by atoms with van der Waals surface area (Å²) >= 11 is 0. The summed E-state index contributed by atoms with van der Waals surface area (Å²) < 4.78 is 33.8. The van der Waals surface area contributed by atoms with Crippen molar-refractivity contribution in [1.82, 2.24) is 5.32 Å². The van der Waals surface area contributed by atoms with Crippen LogP contribution in [0.2, 0.25) is 0 Å². The van der Waals surface area contributed by atoms with Crippen molar-refractivity contribution in [2.75, 3.05) is 24.0 Å². The number of carbonyl (C=O) groups excluding carboxylic acids is 1. The molecule has 0 aromatic heterocycles. The number of hydrogen-bond donors (Lipinski definition) is 1. The molecule has 0 heterocycles. The minimum atomic E-state index is -3.93. The summed E-state index contributed by atoms with van der Waals surface area (Å²) in [6.45, 7) is 7.91. The Morgan fingerprint density at radius 1 is 0.879 bits per heavy atom. The van der Waals surface area contributed by atoms with Gasteiger partial charge in [0.15, 0.2) is 0 Å². The van der Waals surface area contributed by atoms with Gasteiger partial charge in [0, 0.05) is 0 Å². The highest BCUT2D eigenvalue weighted by Gasteiger charge is 2.28. The van der Waals surface area contributed by atoms with Crippen LogP contribution in [0.25, 0.3) is 0 Å². The summed E-state index contributed by atoms with van der Waals surface area (Å²) in [4.78, 5) is 12.9. The second kappa shape index (κ2) is 10.5. The molecule has 0 aliphatic rings. The van der Waals surface area contributed by atoms with Crippen molar-refractivity contribution in [1.29, 1.82) is 0 Å². The van der Waals surface area contributed by atoms with Crippen molar-refractivity contribution in [3.05, 3.63) is 89.0 Å². The molecule has 0 aliphatic heterocycles. The molecule has 174 valence electrons. The number of para-hydroxylation sites is 1. The molecule has 3 aromatic rings. The minimum absolute atomic E-state index is 0.141. The average Bonchev–Trinajstić information content (AvgIpc) is 2.77. The van der Waals surface area contributed by atoms with Crippen molar-refractivity contribution in [3.8, 4) is 5.75 Å². The fourth-order valence-corrected chi connectivity index (χ4v) is 4.96. The number of sulfonamides is 1. The van der Waals surface area contributed by atoms with Gasteiger partial charge in [0.2, 0.25) is 5.91 Å². The third-order valence-corrected chi connectivity index (χ3v) is 7.07. The lowest BCUT2D eigenvalue weighted by Gasteiger charge is -2.25. The molecule has 7 heteroatoms. The van der Waals surface area contributed by atoms with Crippen molar-refractivity contribution >= 4 is 21.6 Å². The van der Waals surface area contributed by atoms with Gasteiger partial charge in [0.25, 0.3) is 10.0 Å². The van der Waals surface area contributed by atoms with E-state index in [9.17, 15) is 13.2 Å². The molecule has 3 aromatic carbocycles. The lowest BCUT2D eigenvalue weighted by Crippen LogP contribution is -2.42. The highest BCUT2D eigenvalue weighted by atomic mass is 32.2. The predicted molar refractivity (Wildman–Crippen MR) is 131 cm³/mol. The highest BCUT2D eigenvalue weighted by molar-refractivity contribution is 7.92. The van der Waals surface area contributed by atoms with Gasteiger partial charge in [0.1, 0.15) is 18.9 Å². The number of amides is 1. The van der Waals surface area contributed by atoms with Crippen molar-refractivity contribution in [3.63, 3.8) is 0 Å². The molecular formula is C26H30N2O4S. The molecule has 0 aliphatic carbocycles. The first-order chi connectivity index (χ1) is 15.7. The zero-order chi connectivity index (χ0) is 24.0. The third kappa shape index (κ3) is 6.14. The molecule has 0 saturated carbocycles. The number of nitrogens with zero attached hydrogens (tertiary/aromatic N) is 1. The maximum absolute atomic E-state index is 13.4. The largest absolute Gasteiger partial charge is 0.491 e. The van der Waals surface area contributed by atoms with E-state index in [-0.39, 0.29) is 24.6 Å². The Morgan fingerprint density at radius 2 is 1.55 bits per heavy atom. The van der Waals surface area contributed by atoms with Crippen LogP contribution in [0.3, 0.4) is 0 Å². The van der Waals surface area contributed by atoms with Crippen LogP contribution in [0.15, 0.2) is 71.6 Å². The average molecular weight is 467 g/mol. The summed E-state index contributed by atoms with van der Waals surface area (Å²) in [7, 11) is -3.93. The molecule has 6 nitrogen and oxygen atoms in total. The zero-order valence-corrected chi connectivity index (χ0v) is 20.3. The topological polar surface area (TPSA) is 75.7 Å². The quantitative estimate of drug-likeness (QED) is 0.477. The van der Waals surface area contributed by atoms with Gasteiger partial charge < -0.3 is 10.1 Å². The molecule has 1 N–H and O–H groups in total. The van der Waals surface area contributed by atoms with Crippen LogP contribution in [-0.4, -0.2) is 34.0 Å². The molecule has 1 amide bonds. The Bertz CT molecular complexity index is 1220. The first kappa shape index (κ1) is 24.3. The van der Waals surface area contributed by atoms with Crippen LogP contribution in [0.4, 0.5) is 5.69 Å². The number of rotatable bonds is 9. The molecule has 0 radical (unpaired) electrons. The fourth-order valence-electron chi connectivity index (χ4n) is 3.48. The Balaban J connectivity index is 1.71. The molecule has 0 bridgehead atoms. The number of ether oxygens (including phenoxy) is 1. The summed E-state index contributed by atoms with van der Waals surface area (Å²) in [5.41, 5.74) is 4.37. The van der Waals surface area contributed by atoms with Crippen LogP contribution in [0.5, 0.6) is 5.75 Å². The Morgan fingerprint density at radius 3 is 2.21 bits per heavy atom. The molecule has 0 saturated heterocycles. The van der Waals surface area contributed by atoms with Crippen LogP contribution >= 0.6 is 0 Å². The van der Waals surface area contributed by atoms with Crippen molar-refractivity contribution in [2.24, 2.45) is 0 Å². The molecule has 3 rings (SSSR count). The number of anilines is 1.